The molecule has 1 aromatic heterocycles. The molecule has 2 N–H and O–H groups in total. The number of nitrogens with two attached hydrogens (primary N) is 1. The van der Waals surface area contributed by atoms with Crippen LogP contribution in [0, 0.1) is 5.92 Å². The van der Waals surface area contributed by atoms with E-state index in [1.807, 2.05) is 11.8 Å². The Bertz CT molecular complexity index is 419. The summed E-state index contributed by atoms with van der Waals surface area (Å²) in [5.41, 5.74) is 5.23. The fourth-order valence-corrected chi connectivity index (χ4v) is 2.14. The number of nitrogens with zero attached hydrogens (tertiary/aromatic N) is 2. The van der Waals surface area contributed by atoms with Gasteiger partial charge in [0.1, 0.15) is 5.82 Å². The predicted octanol–water partition coefficient (Wildman–Crippen LogP) is 2.27. The molecule has 1 aromatic rings. The van der Waals surface area contributed by atoms with Gasteiger partial charge in [-0.15, -0.1) is 0 Å². The van der Waals surface area contributed by atoms with Crippen molar-refractivity contribution < 1.29 is 13.2 Å². The summed E-state index contributed by atoms with van der Waals surface area (Å²) in [4.78, 5) is 5.89. The molecule has 0 amide bonds. The lowest BCUT2D eigenvalue weighted by atomic mass is 9.95. The minimum Gasteiger partial charge on any atom is -0.356 e. The monoisotopic (exact) mass is 259 g/mol. The number of rotatable bonds is 1. The smallest absolute Gasteiger partial charge is 0.356 e. The third-order valence-corrected chi connectivity index (χ3v) is 3.37. The molecule has 2 rings (SSSR count). The van der Waals surface area contributed by atoms with Crippen LogP contribution < -0.4 is 10.6 Å². The molecule has 3 nitrogen and oxygen atoms in total. The van der Waals surface area contributed by atoms with E-state index in [1.165, 1.54) is 6.20 Å². The number of alkyl halides is 3. The Balaban J connectivity index is 2.19. The second-order valence-electron chi connectivity index (χ2n) is 4.78. The lowest BCUT2D eigenvalue weighted by molar-refractivity contribution is -0.137. The Hall–Kier alpha value is -1.30. The molecular formula is C12H16F3N3. The number of hydrogen-bond acceptors (Lipinski definition) is 3. The van der Waals surface area contributed by atoms with Gasteiger partial charge >= 0.3 is 6.18 Å². The molecule has 100 valence electrons. The Labute approximate surface area is 104 Å². The van der Waals surface area contributed by atoms with Crippen LogP contribution in [0.25, 0.3) is 0 Å². The molecule has 1 aliphatic heterocycles. The molecule has 2 unspecified atom stereocenters. The molecule has 1 fully saturated rings. The first-order valence-electron chi connectivity index (χ1n) is 5.91. The van der Waals surface area contributed by atoms with E-state index in [4.69, 9.17) is 5.73 Å². The van der Waals surface area contributed by atoms with Crippen molar-refractivity contribution in [1.82, 2.24) is 4.98 Å². The highest BCUT2D eigenvalue weighted by Crippen LogP contribution is 2.31. The van der Waals surface area contributed by atoms with E-state index >= 15 is 0 Å². The lowest BCUT2D eigenvalue weighted by Gasteiger charge is -2.36. The molecule has 0 radical (unpaired) electrons. The molecule has 1 aliphatic rings. The van der Waals surface area contributed by atoms with E-state index in [-0.39, 0.29) is 12.0 Å². The molecular weight excluding hydrogens is 243 g/mol. The maximum Gasteiger partial charge on any atom is 0.416 e. The maximum atomic E-state index is 12.6. The molecule has 18 heavy (non-hydrogen) atoms. The third kappa shape index (κ3) is 2.75. The molecule has 0 aromatic carbocycles. The summed E-state index contributed by atoms with van der Waals surface area (Å²) >= 11 is 0. The molecule has 0 aliphatic carbocycles. The van der Waals surface area contributed by atoms with Crippen molar-refractivity contribution in [3.05, 3.63) is 23.9 Å². The Kier molecular flexibility index (Phi) is 3.47. The van der Waals surface area contributed by atoms with Crippen LogP contribution in [-0.2, 0) is 6.18 Å². The fraction of sp³-hybridized carbons (Fsp3) is 0.583. The average Bonchev–Trinajstić information content (AvgIpc) is 2.32. The van der Waals surface area contributed by atoms with E-state index in [9.17, 15) is 13.2 Å². The summed E-state index contributed by atoms with van der Waals surface area (Å²) in [5.74, 6) is 0.638. The summed E-state index contributed by atoms with van der Waals surface area (Å²) in [7, 11) is 0. The Morgan fingerprint density at radius 2 is 2.17 bits per heavy atom. The van der Waals surface area contributed by atoms with Gasteiger partial charge in [0, 0.05) is 25.3 Å². The number of anilines is 1. The van der Waals surface area contributed by atoms with Gasteiger partial charge in [-0.2, -0.15) is 13.2 Å². The van der Waals surface area contributed by atoms with E-state index in [1.54, 1.807) is 0 Å². The van der Waals surface area contributed by atoms with Gasteiger partial charge < -0.3 is 10.6 Å². The topological polar surface area (TPSA) is 42.2 Å². The van der Waals surface area contributed by atoms with Crippen molar-refractivity contribution in [3.8, 4) is 0 Å². The average molecular weight is 259 g/mol. The first-order chi connectivity index (χ1) is 8.38. The first kappa shape index (κ1) is 13.1. The van der Waals surface area contributed by atoms with Crippen LogP contribution in [0.4, 0.5) is 19.0 Å². The number of halogens is 3. The zero-order chi connectivity index (χ0) is 13.3. The van der Waals surface area contributed by atoms with E-state index in [0.29, 0.717) is 18.9 Å². The summed E-state index contributed by atoms with van der Waals surface area (Å²) in [6.45, 7) is 3.31. The number of hydrogen-bond donors (Lipinski definition) is 1. The minimum absolute atomic E-state index is 0.118. The summed E-state index contributed by atoms with van der Waals surface area (Å²) in [6, 6.07) is 2.21. The molecule has 6 heteroatoms. The van der Waals surface area contributed by atoms with Gasteiger partial charge in [-0.1, -0.05) is 6.92 Å². The van der Waals surface area contributed by atoms with Crippen LogP contribution in [-0.4, -0.2) is 24.1 Å². The van der Waals surface area contributed by atoms with Gasteiger partial charge in [0.25, 0.3) is 0 Å². The van der Waals surface area contributed by atoms with Gasteiger partial charge in [-0.05, 0) is 24.5 Å². The van der Waals surface area contributed by atoms with Crippen LogP contribution in [0.5, 0.6) is 0 Å². The van der Waals surface area contributed by atoms with Gasteiger partial charge in [-0.3, -0.25) is 0 Å². The Morgan fingerprint density at radius 3 is 2.78 bits per heavy atom. The molecule has 0 bridgehead atoms. The summed E-state index contributed by atoms with van der Waals surface area (Å²) in [5, 5.41) is 0. The molecule has 0 saturated carbocycles. The van der Waals surface area contributed by atoms with Gasteiger partial charge in [-0.25, -0.2) is 4.98 Å². The Morgan fingerprint density at radius 1 is 1.44 bits per heavy atom. The van der Waals surface area contributed by atoms with Crippen LogP contribution in [0.1, 0.15) is 18.9 Å². The molecule has 2 heterocycles. The zero-order valence-corrected chi connectivity index (χ0v) is 10.1. The second-order valence-corrected chi connectivity index (χ2v) is 4.78. The minimum atomic E-state index is -4.32. The van der Waals surface area contributed by atoms with Crippen molar-refractivity contribution in [1.29, 1.82) is 0 Å². The number of piperidine rings is 1. The highest BCUT2D eigenvalue weighted by Gasteiger charge is 2.32. The zero-order valence-electron chi connectivity index (χ0n) is 10.1. The maximum absolute atomic E-state index is 12.6. The van der Waals surface area contributed by atoms with E-state index in [2.05, 4.69) is 4.98 Å². The molecule has 1 saturated heterocycles. The van der Waals surface area contributed by atoms with Crippen LogP contribution in [0.3, 0.4) is 0 Å². The predicted molar refractivity (Wildman–Crippen MR) is 63.2 cm³/mol. The van der Waals surface area contributed by atoms with Crippen LogP contribution in [0.15, 0.2) is 18.3 Å². The standard InChI is InChI=1S/C12H16F3N3/c1-8-7-18(5-3-10(8)16)11-6-9(2-4-17-11)12(13,14)15/h2,4,6,8,10H,3,5,7,16H2,1H3. The van der Waals surface area contributed by atoms with Crippen molar-refractivity contribution >= 4 is 5.82 Å². The quantitative estimate of drug-likeness (QED) is 0.841. The van der Waals surface area contributed by atoms with Gasteiger partial charge in [0.05, 0.1) is 5.56 Å². The largest absolute Gasteiger partial charge is 0.416 e. The van der Waals surface area contributed by atoms with Crippen molar-refractivity contribution in [3.63, 3.8) is 0 Å². The summed E-state index contributed by atoms with van der Waals surface area (Å²) < 4.78 is 37.8. The second kappa shape index (κ2) is 4.76. The fourth-order valence-electron chi connectivity index (χ4n) is 2.14. The highest BCUT2D eigenvalue weighted by atomic mass is 19.4. The third-order valence-electron chi connectivity index (χ3n) is 3.37. The lowest BCUT2D eigenvalue weighted by Crippen LogP contribution is -2.46. The van der Waals surface area contributed by atoms with E-state index < -0.39 is 11.7 Å². The van der Waals surface area contributed by atoms with Crippen molar-refractivity contribution in [2.75, 3.05) is 18.0 Å². The first-order valence-corrected chi connectivity index (χ1v) is 5.91. The van der Waals surface area contributed by atoms with Gasteiger partial charge in [0.15, 0.2) is 0 Å². The van der Waals surface area contributed by atoms with E-state index in [0.717, 1.165) is 18.6 Å². The van der Waals surface area contributed by atoms with Gasteiger partial charge in [0.2, 0.25) is 0 Å². The SMILES string of the molecule is CC1CN(c2cc(C(F)(F)F)ccn2)CCC1N. The highest BCUT2D eigenvalue weighted by molar-refractivity contribution is 5.42. The molecule has 2 atom stereocenters. The van der Waals surface area contributed by atoms with Crippen LogP contribution >= 0.6 is 0 Å². The van der Waals surface area contributed by atoms with Crippen LogP contribution in [0.2, 0.25) is 0 Å². The normalized spacial score (nSPS) is 25.3. The summed E-state index contributed by atoms with van der Waals surface area (Å²) in [6.07, 6.45) is -2.34. The van der Waals surface area contributed by atoms with Crippen molar-refractivity contribution in [2.24, 2.45) is 11.7 Å². The number of aromatic nitrogens is 1. The van der Waals surface area contributed by atoms with Crippen molar-refractivity contribution in [2.45, 2.75) is 25.6 Å². The molecule has 0 spiro atoms. The number of pyridine rings is 1.